The standard InChI is InChI=1S/C12H18N2O/c13-12-6-2-1-4-10(12)8-14-7-3-5-11(14)9-15/h1-2,4,6,11,15H,3,5,7-9,13H2. The molecule has 3 nitrogen and oxygen atoms in total. The number of benzene rings is 1. The van der Waals surface area contributed by atoms with Gasteiger partial charge in [-0.3, -0.25) is 4.90 Å². The lowest BCUT2D eigenvalue weighted by Gasteiger charge is -2.23. The van der Waals surface area contributed by atoms with E-state index in [2.05, 4.69) is 11.0 Å². The maximum atomic E-state index is 9.21. The Morgan fingerprint density at radius 1 is 1.40 bits per heavy atom. The molecule has 2 rings (SSSR count). The minimum atomic E-state index is 0.257. The van der Waals surface area contributed by atoms with Gasteiger partial charge in [0.25, 0.3) is 0 Å². The van der Waals surface area contributed by atoms with E-state index in [-0.39, 0.29) is 6.61 Å². The number of hydrogen-bond acceptors (Lipinski definition) is 3. The molecule has 0 spiro atoms. The van der Waals surface area contributed by atoms with Crippen molar-refractivity contribution >= 4 is 5.69 Å². The average Bonchev–Trinajstić information content (AvgIpc) is 2.69. The highest BCUT2D eigenvalue weighted by Crippen LogP contribution is 2.21. The fourth-order valence-electron chi connectivity index (χ4n) is 2.21. The van der Waals surface area contributed by atoms with Gasteiger partial charge in [-0.15, -0.1) is 0 Å². The van der Waals surface area contributed by atoms with Crippen LogP contribution in [0.1, 0.15) is 18.4 Å². The molecule has 1 aromatic carbocycles. The predicted octanol–water partition coefficient (Wildman–Crippen LogP) is 1.23. The normalized spacial score (nSPS) is 22.1. The van der Waals surface area contributed by atoms with E-state index in [1.54, 1.807) is 0 Å². The first-order valence-corrected chi connectivity index (χ1v) is 5.49. The summed E-state index contributed by atoms with van der Waals surface area (Å²) >= 11 is 0. The summed E-state index contributed by atoms with van der Waals surface area (Å²) in [6.45, 7) is 2.18. The third-order valence-electron chi connectivity index (χ3n) is 3.14. The molecule has 0 bridgehead atoms. The van der Waals surface area contributed by atoms with Gasteiger partial charge >= 0.3 is 0 Å². The number of aliphatic hydroxyl groups excluding tert-OH is 1. The Morgan fingerprint density at radius 2 is 2.20 bits per heavy atom. The summed E-state index contributed by atoms with van der Waals surface area (Å²) in [5.74, 6) is 0. The topological polar surface area (TPSA) is 49.5 Å². The lowest BCUT2D eigenvalue weighted by molar-refractivity contribution is 0.154. The van der Waals surface area contributed by atoms with Crippen LogP contribution in [0.5, 0.6) is 0 Å². The van der Waals surface area contributed by atoms with Crippen LogP contribution in [0.25, 0.3) is 0 Å². The fourth-order valence-corrected chi connectivity index (χ4v) is 2.21. The zero-order valence-electron chi connectivity index (χ0n) is 8.89. The number of nitrogen functional groups attached to an aromatic ring is 1. The molecular weight excluding hydrogens is 188 g/mol. The van der Waals surface area contributed by atoms with Crippen LogP contribution in [-0.4, -0.2) is 29.2 Å². The Hall–Kier alpha value is -1.06. The highest BCUT2D eigenvalue weighted by Gasteiger charge is 2.23. The molecule has 3 N–H and O–H groups in total. The summed E-state index contributed by atoms with van der Waals surface area (Å²) < 4.78 is 0. The van der Waals surface area contributed by atoms with Gasteiger partial charge in [0.2, 0.25) is 0 Å². The first kappa shape index (κ1) is 10.5. The number of rotatable bonds is 3. The molecule has 0 saturated carbocycles. The van der Waals surface area contributed by atoms with Crippen LogP contribution in [0.4, 0.5) is 5.69 Å². The quantitative estimate of drug-likeness (QED) is 0.731. The molecule has 1 atom stereocenters. The second kappa shape index (κ2) is 4.64. The molecule has 82 valence electrons. The Balaban J connectivity index is 2.05. The van der Waals surface area contributed by atoms with E-state index in [0.717, 1.165) is 30.8 Å². The average molecular weight is 206 g/mol. The van der Waals surface area contributed by atoms with E-state index in [9.17, 15) is 5.11 Å². The van der Waals surface area contributed by atoms with Crippen molar-refractivity contribution < 1.29 is 5.11 Å². The zero-order chi connectivity index (χ0) is 10.7. The van der Waals surface area contributed by atoms with Gasteiger partial charge in [-0.2, -0.15) is 0 Å². The molecule has 1 aliphatic rings. The summed E-state index contributed by atoms with van der Waals surface area (Å²) in [6.07, 6.45) is 2.28. The van der Waals surface area contributed by atoms with Crippen molar-refractivity contribution in [3.05, 3.63) is 29.8 Å². The van der Waals surface area contributed by atoms with Gasteiger partial charge in [0, 0.05) is 18.3 Å². The third-order valence-corrected chi connectivity index (χ3v) is 3.14. The molecule has 1 heterocycles. The van der Waals surface area contributed by atoms with E-state index in [0.29, 0.717) is 6.04 Å². The molecule has 1 saturated heterocycles. The minimum Gasteiger partial charge on any atom is -0.398 e. The van der Waals surface area contributed by atoms with Crippen LogP contribution in [0.3, 0.4) is 0 Å². The summed E-state index contributed by atoms with van der Waals surface area (Å²) in [7, 11) is 0. The summed E-state index contributed by atoms with van der Waals surface area (Å²) in [5, 5.41) is 9.21. The second-order valence-electron chi connectivity index (χ2n) is 4.15. The van der Waals surface area contributed by atoms with Crippen molar-refractivity contribution in [2.75, 3.05) is 18.9 Å². The van der Waals surface area contributed by atoms with Gasteiger partial charge in [-0.05, 0) is 31.0 Å². The highest BCUT2D eigenvalue weighted by atomic mass is 16.3. The number of hydrogen-bond donors (Lipinski definition) is 2. The molecular formula is C12H18N2O. The molecule has 1 fully saturated rings. The Kier molecular flexibility index (Phi) is 3.23. The minimum absolute atomic E-state index is 0.257. The van der Waals surface area contributed by atoms with Crippen LogP contribution in [-0.2, 0) is 6.54 Å². The molecule has 0 amide bonds. The number of para-hydroxylation sites is 1. The first-order chi connectivity index (χ1) is 7.31. The predicted molar refractivity (Wildman–Crippen MR) is 61.4 cm³/mol. The van der Waals surface area contributed by atoms with Crippen LogP contribution in [0, 0.1) is 0 Å². The van der Waals surface area contributed by atoms with Crippen molar-refractivity contribution in [2.45, 2.75) is 25.4 Å². The fraction of sp³-hybridized carbons (Fsp3) is 0.500. The Labute approximate surface area is 90.5 Å². The largest absolute Gasteiger partial charge is 0.398 e. The smallest absolute Gasteiger partial charge is 0.0587 e. The summed E-state index contributed by atoms with van der Waals surface area (Å²) in [6, 6.07) is 8.27. The first-order valence-electron chi connectivity index (χ1n) is 5.49. The molecule has 0 radical (unpaired) electrons. The van der Waals surface area contributed by atoms with Crippen molar-refractivity contribution in [2.24, 2.45) is 0 Å². The van der Waals surface area contributed by atoms with E-state index in [1.165, 1.54) is 6.42 Å². The number of aliphatic hydroxyl groups is 1. The maximum absolute atomic E-state index is 9.21. The van der Waals surface area contributed by atoms with Gasteiger partial charge in [-0.1, -0.05) is 18.2 Å². The zero-order valence-corrected chi connectivity index (χ0v) is 8.89. The maximum Gasteiger partial charge on any atom is 0.0587 e. The van der Waals surface area contributed by atoms with Gasteiger partial charge in [0.1, 0.15) is 0 Å². The summed E-state index contributed by atoms with van der Waals surface area (Å²) in [4.78, 5) is 2.31. The van der Waals surface area contributed by atoms with Crippen molar-refractivity contribution in [1.29, 1.82) is 0 Å². The number of likely N-dealkylation sites (tertiary alicyclic amines) is 1. The van der Waals surface area contributed by atoms with Gasteiger partial charge in [0.05, 0.1) is 6.61 Å². The molecule has 0 aromatic heterocycles. The summed E-state index contributed by atoms with van der Waals surface area (Å²) in [5.41, 5.74) is 7.91. The van der Waals surface area contributed by atoms with E-state index in [4.69, 9.17) is 5.73 Å². The van der Waals surface area contributed by atoms with Crippen LogP contribution in [0.15, 0.2) is 24.3 Å². The SMILES string of the molecule is Nc1ccccc1CN1CCCC1CO. The van der Waals surface area contributed by atoms with Crippen LogP contribution < -0.4 is 5.73 Å². The van der Waals surface area contributed by atoms with Gasteiger partial charge in [-0.25, -0.2) is 0 Å². The lowest BCUT2D eigenvalue weighted by atomic mass is 10.1. The molecule has 0 aliphatic carbocycles. The monoisotopic (exact) mass is 206 g/mol. The van der Waals surface area contributed by atoms with E-state index in [1.807, 2.05) is 18.2 Å². The molecule has 1 aliphatic heterocycles. The molecule has 3 heteroatoms. The van der Waals surface area contributed by atoms with E-state index >= 15 is 0 Å². The van der Waals surface area contributed by atoms with Crippen molar-refractivity contribution in [1.82, 2.24) is 4.90 Å². The van der Waals surface area contributed by atoms with Crippen molar-refractivity contribution in [3.63, 3.8) is 0 Å². The second-order valence-corrected chi connectivity index (χ2v) is 4.15. The molecule has 15 heavy (non-hydrogen) atoms. The Morgan fingerprint density at radius 3 is 2.93 bits per heavy atom. The molecule has 1 aromatic rings. The number of nitrogens with zero attached hydrogens (tertiary/aromatic N) is 1. The molecule has 1 unspecified atom stereocenters. The third kappa shape index (κ3) is 2.30. The number of anilines is 1. The van der Waals surface area contributed by atoms with Crippen LogP contribution in [0.2, 0.25) is 0 Å². The van der Waals surface area contributed by atoms with E-state index < -0.39 is 0 Å². The Bertz CT molecular complexity index is 327. The van der Waals surface area contributed by atoms with Gasteiger partial charge in [0.15, 0.2) is 0 Å². The van der Waals surface area contributed by atoms with Gasteiger partial charge < -0.3 is 10.8 Å². The van der Waals surface area contributed by atoms with Crippen LogP contribution >= 0.6 is 0 Å². The highest BCUT2D eigenvalue weighted by molar-refractivity contribution is 5.46. The van der Waals surface area contributed by atoms with Crippen molar-refractivity contribution in [3.8, 4) is 0 Å². The lowest BCUT2D eigenvalue weighted by Crippen LogP contribution is -2.31. The number of nitrogens with two attached hydrogens (primary N) is 1.